The Morgan fingerprint density at radius 2 is 2.04 bits per heavy atom. The first-order chi connectivity index (χ1) is 12.5. The minimum absolute atomic E-state index is 0.110. The van der Waals surface area contributed by atoms with Crippen LogP contribution in [0.2, 0.25) is 0 Å². The zero-order valence-electron chi connectivity index (χ0n) is 14.8. The van der Waals surface area contributed by atoms with Crippen LogP contribution in [0.4, 0.5) is 5.69 Å². The number of rotatable bonds is 6. The van der Waals surface area contributed by atoms with Crippen LogP contribution in [0.3, 0.4) is 0 Å². The summed E-state index contributed by atoms with van der Waals surface area (Å²) in [6, 6.07) is 10.9. The van der Waals surface area contributed by atoms with Crippen molar-refractivity contribution >= 4 is 5.69 Å². The SMILES string of the molecule is COc1cc(-c2nccn2C)cc([N+](=O)[O-])c1OCc1ccccc1C. The summed E-state index contributed by atoms with van der Waals surface area (Å²) in [5.74, 6) is 1.02. The Labute approximate surface area is 151 Å². The number of aryl methyl sites for hydroxylation is 2. The molecule has 1 aromatic heterocycles. The van der Waals surface area contributed by atoms with Crippen molar-refractivity contribution < 1.29 is 14.4 Å². The minimum atomic E-state index is -0.470. The molecule has 0 atom stereocenters. The van der Waals surface area contributed by atoms with Crippen molar-refractivity contribution in [3.8, 4) is 22.9 Å². The summed E-state index contributed by atoms with van der Waals surface area (Å²) in [6.45, 7) is 2.18. The largest absolute Gasteiger partial charge is 0.493 e. The molecule has 0 saturated heterocycles. The van der Waals surface area contributed by atoms with Gasteiger partial charge in [0.15, 0.2) is 5.75 Å². The molecule has 2 aromatic carbocycles. The molecule has 7 nitrogen and oxygen atoms in total. The Balaban J connectivity index is 2.02. The van der Waals surface area contributed by atoms with E-state index in [1.54, 1.807) is 23.0 Å². The quantitative estimate of drug-likeness (QED) is 0.496. The van der Waals surface area contributed by atoms with Crippen LogP contribution in [0.15, 0.2) is 48.8 Å². The van der Waals surface area contributed by atoms with Crippen molar-refractivity contribution in [3.05, 3.63) is 70.0 Å². The predicted octanol–water partition coefficient (Wildman–Crippen LogP) is 3.89. The van der Waals surface area contributed by atoms with E-state index in [4.69, 9.17) is 9.47 Å². The van der Waals surface area contributed by atoms with Crippen molar-refractivity contribution in [2.24, 2.45) is 7.05 Å². The highest BCUT2D eigenvalue weighted by atomic mass is 16.6. The van der Waals surface area contributed by atoms with Crippen molar-refractivity contribution in [1.29, 1.82) is 0 Å². The lowest BCUT2D eigenvalue weighted by atomic mass is 10.1. The van der Waals surface area contributed by atoms with E-state index in [-0.39, 0.29) is 18.0 Å². The van der Waals surface area contributed by atoms with Crippen molar-refractivity contribution in [1.82, 2.24) is 9.55 Å². The van der Waals surface area contributed by atoms with Crippen LogP contribution < -0.4 is 9.47 Å². The number of benzene rings is 2. The van der Waals surface area contributed by atoms with Crippen molar-refractivity contribution in [2.75, 3.05) is 7.11 Å². The second-order valence-corrected chi connectivity index (χ2v) is 5.86. The van der Waals surface area contributed by atoms with Gasteiger partial charge in [-0.05, 0) is 24.1 Å². The molecular weight excluding hydrogens is 334 g/mol. The number of nitrogens with zero attached hydrogens (tertiary/aromatic N) is 3. The lowest BCUT2D eigenvalue weighted by Crippen LogP contribution is -2.03. The number of methoxy groups -OCH3 is 1. The first-order valence-corrected chi connectivity index (χ1v) is 8.02. The molecule has 0 aliphatic carbocycles. The fraction of sp³-hybridized carbons (Fsp3) is 0.211. The van der Waals surface area contributed by atoms with E-state index in [0.29, 0.717) is 17.1 Å². The van der Waals surface area contributed by atoms with E-state index in [1.165, 1.54) is 13.2 Å². The smallest absolute Gasteiger partial charge is 0.315 e. The van der Waals surface area contributed by atoms with Crippen LogP contribution in [0, 0.1) is 17.0 Å². The Morgan fingerprint density at radius 1 is 1.27 bits per heavy atom. The molecule has 0 spiro atoms. The maximum atomic E-state index is 11.6. The topological polar surface area (TPSA) is 79.4 Å². The van der Waals surface area contributed by atoms with Gasteiger partial charge in [-0.1, -0.05) is 24.3 Å². The van der Waals surface area contributed by atoms with Gasteiger partial charge in [0.1, 0.15) is 12.4 Å². The summed E-state index contributed by atoms with van der Waals surface area (Å²) < 4.78 is 12.9. The summed E-state index contributed by atoms with van der Waals surface area (Å²) in [5, 5.41) is 11.6. The van der Waals surface area contributed by atoms with Gasteiger partial charge in [-0.3, -0.25) is 10.1 Å². The molecule has 0 aliphatic rings. The molecule has 0 aliphatic heterocycles. The van der Waals surface area contributed by atoms with Crippen molar-refractivity contribution in [2.45, 2.75) is 13.5 Å². The van der Waals surface area contributed by atoms with Gasteiger partial charge in [-0.2, -0.15) is 0 Å². The number of imidazole rings is 1. The third-order valence-corrected chi connectivity index (χ3v) is 4.16. The molecule has 1 heterocycles. The lowest BCUT2D eigenvalue weighted by molar-refractivity contribution is -0.386. The molecule has 3 rings (SSSR count). The highest BCUT2D eigenvalue weighted by Gasteiger charge is 2.24. The van der Waals surface area contributed by atoms with Crippen LogP contribution in [0.1, 0.15) is 11.1 Å². The van der Waals surface area contributed by atoms with Crippen LogP contribution in [-0.4, -0.2) is 21.6 Å². The standard InChI is InChI=1S/C19H19N3O4/c1-13-6-4-5-7-14(13)12-26-18-16(22(23)24)10-15(11-17(18)25-3)19-20-8-9-21(19)2/h4-11H,12H2,1-3H3. The van der Waals surface area contributed by atoms with E-state index in [0.717, 1.165) is 11.1 Å². The van der Waals surface area contributed by atoms with Gasteiger partial charge in [-0.25, -0.2) is 4.98 Å². The number of hydrogen-bond acceptors (Lipinski definition) is 5. The van der Waals surface area contributed by atoms with Gasteiger partial charge >= 0.3 is 5.69 Å². The van der Waals surface area contributed by atoms with E-state index in [9.17, 15) is 10.1 Å². The molecule has 0 amide bonds. The Kier molecular flexibility index (Phi) is 4.88. The zero-order valence-corrected chi connectivity index (χ0v) is 14.8. The fourth-order valence-electron chi connectivity index (χ4n) is 2.71. The van der Waals surface area contributed by atoms with E-state index in [2.05, 4.69) is 4.98 Å². The third-order valence-electron chi connectivity index (χ3n) is 4.16. The molecule has 134 valence electrons. The summed E-state index contributed by atoms with van der Waals surface area (Å²) in [5.41, 5.74) is 2.44. The maximum absolute atomic E-state index is 11.6. The second-order valence-electron chi connectivity index (χ2n) is 5.86. The van der Waals surface area contributed by atoms with E-state index in [1.807, 2.05) is 38.2 Å². The summed E-state index contributed by atoms with van der Waals surface area (Å²) in [6.07, 6.45) is 3.41. The highest BCUT2D eigenvalue weighted by Crippen LogP contribution is 2.41. The Bertz CT molecular complexity index is 950. The number of hydrogen-bond donors (Lipinski definition) is 0. The monoisotopic (exact) mass is 353 g/mol. The molecule has 0 saturated carbocycles. The summed E-state index contributed by atoms with van der Waals surface area (Å²) in [7, 11) is 3.28. The molecule has 0 unspecified atom stereocenters. The van der Waals surface area contributed by atoms with Gasteiger partial charge in [0.05, 0.1) is 12.0 Å². The van der Waals surface area contributed by atoms with E-state index >= 15 is 0 Å². The van der Waals surface area contributed by atoms with Gasteiger partial charge < -0.3 is 14.0 Å². The third kappa shape index (κ3) is 3.37. The minimum Gasteiger partial charge on any atom is -0.493 e. The van der Waals surface area contributed by atoms with Crippen LogP contribution in [0.5, 0.6) is 11.5 Å². The van der Waals surface area contributed by atoms with Gasteiger partial charge in [0, 0.05) is 31.1 Å². The molecule has 26 heavy (non-hydrogen) atoms. The molecule has 0 N–H and O–H groups in total. The molecule has 0 fully saturated rings. The van der Waals surface area contributed by atoms with Crippen LogP contribution in [-0.2, 0) is 13.7 Å². The average Bonchev–Trinajstić information content (AvgIpc) is 3.06. The predicted molar refractivity (Wildman–Crippen MR) is 97.4 cm³/mol. The number of nitro benzene ring substituents is 1. The number of nitro groups is 1. The van der Waals surface area contributed by atoms with Gasteiger partial charge in [0.25, 0.3) is 0 Å². The molecule has 0 bridgehead atoms. The zero-order chi connectivity index (χ0) is 18.7. The molecule has 7 heteroatoms. The van der Waals surface area contributed by atoms with E-state index < -0.39 is 4.92 Å². The van der Waals surface area contributed by atoms with Gasteiger partial charge in [0.2, 0.25) is 5.75 Å². The molecule has 0 radical (unpaired) electrons. The average molecular weight is 353 g/mol. The number of ether oxygens (including phenoxy) is 2. The summed E-state index contributed by atoms with van der Waals surface area (Å²) >= 11 is 0. The summed E-state index contributed by atoms with van der Waals surface area (Å²) in [4.78, 5) is 15.4. The van der Waals surface area contributed by atoms with Crippen LogP contribution >= 0.6 is 0 Å². The van der Waals surface area contributed by atoms with Crippen molar-refractivity contribution in [3.63, 3.8) is 0 Å². The molecular formula is C19H19N3O4. The van der Waals surface area contributed by atoms with Crippen LogP contribution in [0.25, 0.3) is 11.4 Å². The Morgan fingerprint density at radius 3 is 2.65 bits per heavy atom. The first-order valence-electron chi connectivity index (χ1n) is 8.02. The second kappa shape index (κ2) is 7.26. The number of aromatic nitrogens is 2. The normalized spacial score (nSPS) is 10.6. The lowest BCUT2D eigenvalue weighted by Gasteiger charge is -2.14. The highest BCUT2D eigenvalue weighted by molar-refractivity contribution is 5.69. The first kappa shape index (κ1) is 17.5. The fourth-order valence-corrected chi connectivity index (χ4v) is 2.71. The maximum Gasteiger partial charge on any atom is 0.315 e. The Hall–Kier alpha value is -3.35. The molecule has 3 aromatic rings. The van der Waals surface area contributed by atoms with Gasteiger partial charge in [-0.15, -0.1) is 0 Å².